The number of piperazine rings is 1. The summed E-state index contributed by atoms with van der Waals surface area (Å²) >= 11 is 0. The normalized spacial score (nSPS) is 14.1. The molecule has 166 valence electrons. The Morgan fingerprint density at radius 2 is 1.75 bits per heavy atom. The van der Waals surface area contributed by atoms with E-state index in [1.807, 2.05) is 48.5 Å². The highest BCUT2D eigenvalue weighted by atomic mass is 16.5. The number of anilines is 2. The van der Waals surface area contributed by atoms with E-state index in [0.29, 0.717) is 11.3 Å². The van der Waals surface area contributed by atoms with Crippen LogP contribution in [0.1, 0.15) is 15.9 Å². The number of amides is 1. The Morgan fingerprint density at radius 3 is 2.41 bits per heavy atom. The van der Waals surface area contributed by atoms with E-state index in [0.717, 1.165) is 55.6 Å². The van der Waals surface area contributed by atoms with Crippen molar-refractivity contribution in [2.75, 3.05) is 50.6 Å². The number of nitrogens with one attached hydrogen (secondary N) is 1. The maximum absolute atomic E-state index is 12.3. The molecular formula is C25H28N4O3. The largest absolute Gasteiger partial charge is 0.497 e. The van der Waals surface area contributed by atoms with Crippen molar-refractivity contribution in [3.8, 4) is 11.5 Å². The van der Waals surface area contributed by atoms with Gasteiger partial charge in [0.2, 0.25) is 0 Å². The molecule has 3 aromatic rings. The summed E-state index contributed by atoms with van der Waals surface area (Å²) in [5, 5.41) is 2.89. The van der Waals surface area contributed by atoms with Gasteiger partial charge in [0.25, 0.3) is 5.91 Å². The smallest absolute Gasteiger partial charge is 0.255 e. The first-order valence-corrected chi connectivity index (χ1v) is 10.7. The molecule has 0 radical (unpaired) electrons. The number of hydrogen-bond acceptors (Lipinski definition) is 6. The molecule has 1 amide bonds. The summed E-state index contributed by atoms with van der Waals surface area (Å²) in [6, 6.07) is 18.9. The summed E-state index contributed by atoms with van der Waals surface area (Å²) < 4.78 is 10.9. The first kappa shape index (κ1) is 21.6. The number of ether oxygens (including phenoxy) is 2. The Labute approximate surface area is 188 Å². The minimum Gasteiger partial charge on any atom is -0.497 e. The van der Waals surface area contributed by atoms with Crippen LogP contribution in [-0.4, -0.2) is 56.2 Å². The zero-order chi connectivity index (χ0) is 22.3. The second-order valence-corrected chi connectivity index (χ2v) is 7.67. The van der Waals surface area contributed by atoms with Gasteiger partial charge in [-0.05, 0) is 42.5 Å². The summed E-state index contributed by atoms with van der Waals surface area (Å²) in [5.74, 6) is 2.49. The number of methoxy groups -OCH3 is 2. The van der Waals surface area contributed by atoms with Gasteiger partial charge in [-0.1, -0.05) is 18.2 Å². The molecule has 0 bridgehead atoms. The van der Waals surface area contributed by atoms with Gasteiger partial charge >= 0.3 is 0 Å². The molecule has 7 heteroatoms. The molecule has 0 spiro atoms. The standard InChI is InChI=1S/C25H28N4O3/c1-31-22-9-10-23(32-2)20(16-22)18-28-12-14-29(15-13-28)24-11-8-21(17-26-24)27-25(30)19-6-4-3-5-7-19/h3-11,16-17H,12-15,18H2,1-2H3,(H,27,30). The lowest BCUT2D eigenvalue weighted by Crippen LogP contribution is -2.46. The zero-order valence-corrected chi connectivity index (χ0v) is 18.5. The van der Waals surface area contributed by atoms with Crippen molar-refractivity contribution < 1.29 is 14.3 Å². The van der Waals surface area contributed by atoms with E-state index >= 15 is 0 Å². The maximum atomic E-state index is 12.3. The highest BCUT2D eigenvalue weighted by Crippen LogP contribution is 2.26. The van der Waals surface area contributed by atoms with Crippen LogP contribution in [-0.2, 0) is 6.54 Å². The number of aromatic nitrogens is 1. The number of pyridine rings is 1. The van der Waals surface area contributed by atoms with E-state index in [-0.39, 0.29) is 5.91 Å². The van der Waals surface area contributed by atoms with Crippen LogP contribution in [0.4, 0.5) is 11.5 Å². The van der Waals surface area contributed by atoms with E-state index in [4.69, 9.17) is 9.47 Å². The molecule has 1 saturated heterocycles. The third kappa shape index (κ3) is 5.18. The average Bonchev–Trinajstić information content (AvgIpc) is 2.85. The van der Waals surface area contributed by atoms with Gasteiger partial charge in [-0.15, -0.1) is 0 Å². The van der Waals surface area contributed by atoms with Gasteiger partial charge in [0.05, 0.1) is 26.1 Å². The van der Waals surface area contributed by atoms with Crippen molar-refractivity contribution in [2.45, 2.75) is 6.54 Å². The number of nitrogens with zero attached hydrogens (tertiary/aromatic N) is 3. The first-order chi connectivity index (χ1) is 15.7. The molecule has 7 nitrogen and oxygen atoms in total. The molecule has 0 saturated carbocycles. The lowest BCUT2D eigenvalue weighted by atomic mass is 10.1. The Balaban J connectivity index is 1.32. The van der Waals surface area contributed by atoms with Crippen molar-refractivity contribution in [2.24, 2.45) is 0 Å². The van der Waals surface area contributed by atoms with E-state index in [9.17, 15) is 4.79 Å². The van der Waals surface area contributed by atoms with Crippen molar-refractivity contribution in [3.05, 3.63) is 78.0 Å². The molecule has 0 aliphatic carbocycles. The molecule has 4 rings (SSSR count). The quantitative estimate of drug-likeness (QED) is 0.615. The molecule has 1 fully saturated rings. The zero-order valence-electron chi connectivity index (χ0n) is 18.5. The lowest BCUT2D eigenvalue weighted by molar-refractivity contribution is 0.102. The second kappa shape index (κ2) is 10.2. The summed E-state index contributed by atoms with van der Waals surface area (Å²) in [7, 11) is 3.37. The number of rotatable bonds is 7. The van der Waals surface area contributed by atoms with Gasteiger partial charge in [-0.3, -0.25) is 9.69 Å². The summed E-state index contributed by atoms with van der Waals surface area (Å²) in [4.78, 5) is 21.5. The lowest BCUT2D eigenvalue weighted by Gasteiger charge is -2.35. The molecule has 2 heterocycles. The topological polar surface area (TPSA) is 66.9 Å². The third-order valence-corrected chi connectivity index (χ3v) is 5.62. The molecular weight excluding hydrogens is 404 g/mol. The van der Waals surface area contributed by atoms with Crippen LogP contribution < -0.4 is 19.7 Å². The molecule has 1 aromatic heterocycles. The second-order valence-electron chi connectivity index (χ2n) is 7.67. The molecule has 1 aliphatic rings. The summed E-state index contributed by atoms with van der Waals surface area (Å²) in [6.07, 6.45) is 1.71. The fourth-order valence-electron chi connectivity index (χ4n) is 3.82. The van der Waals surface area contributed by atoms with E-state index in [2.05, 4.69) is 20.1 Å². The first-order valence-electron chi connectivity index (χ1n) is 10.7. The monoisotopic (exact) mass is 432 g/mol. The Morgan fingerprint density at radius 1 is 0.969 bits per heavy atom. The number of benzene rings is 2. The molecule has 32 heavy (non-hydrogen) atoms. The summed E-state index contributed by atoms with van der Waals surface area (Å²) in [5.41, 5.74) is 2.43. The fraction of sp³-hybridized carbons (Fsp3) is 0.280. The van der Waals surface area contributed by atoms with Gasteiger partial charge in [-0.25, -0.2) is 4.98 Å². The van der Waals surface area contributed by atoms with Crippen molar-refractivity contribution >= 4 is 17.4 Å². The van der Waals surface area contributed by atoms with E-state index in [1.165, 1.54) is 0 Å². The minimum absolute atomic E-state index is 0.137. The van der Waals surface area contributed by atoms with Crippen molar-refractivity contribution in [1.29, 1.82) is 0 Å². The minimum atomic E-state index is -0.137. The number of carbonyl (C=O) groups excluding carboxylic acids is 1. The number of carbonyl (C=O) groups is 1. The predicted molar refractivity (Wildman–Crippen MR) is 126 cm³/mol. The van der Waals surface area contributed by atoms with Crippen molar-refractivity contribution in [3.63, 3.8) is 0 Å². The van der Waals surface area contributed by atoms with Crippen LogP contribution in [0.15, 0.2) is 66.9 Å². The predicted octanol–water partition coefficient (Wildman–Crippen LogP) is 3.67. The Kier molecular flexibility index (Phi) is 6.87. The van der Waals surface area contributed by atoms with Gasteiger partial charge in [0.1, 0.15) is 17.3 Å². The van der Waals surface area contributed by atoms with Crippen LogP contribution in [0.2, 0.25) is 0 Å². The highest BCUT2D eigenvalue weighted by Gasteiger charge is 2.19. The molecule has 1 N–H and O–H groups in total. The molecule has 0 atom stereocenters. The maximum Gasteiger partial charge on any atom is 0.255 e. The average molecular weight is 433 g/mol. The SMILES string of the molecule is COc1ccc(OC)c(CN2CCN(c3ccc(NC(=O)c4ccccc4)cn3)CC2)c1. The van der Waals surface area contributed by atoms with Crippen molar-refractivity contribution in [1.82, 2.24) is 9.88 Å². The van der Waals surface area contributed by atoms with Gasteiger partial charge in [0, 0.05) is 43.9 Å². The van der Waals surface area contributed by atoms with Crippen LogP contribution in [0.25, 0.3) is 0 Å². The third-order valence-electron chi connectivity index (χ3n) is 5.62. The Hall–Kier alpha value is -3.58. The van der Waals surface area contributed by atoms with E-state index < -0.39 is 0 Å². The van der Waals surface area contributed by atoms with Gasteiger partial charge in [0.15, 0.2) is 0 Å². The highest BCUT2D eigenvalue weighted by molar-refractivity contribution is 6.04. The molecule has 1 aliphatic heterocycles. The summed E-state index contributed by atoms with van der Waals surface area (Å²) in [6.45, 7) is 4.43. The van der Waals surface area contributed by atoms with Gasteiger partial charge in [-0.2, -0.15) is 0 Å². The van der Waals surface area contributed by atoms with Crippen LogP contribution in [0.3, 0.4) is 0 Å². The van der Waals surface area contributed by atoms with Crippen LogP contribution in [0, 0.1) is 0 Å². The van der Waals surface area contributed by atoms with Gasteiger partial charge < -0.3 is 19.7 Å². The number of hydrogen-bond donors (Lipinski definition) is 1. The molecule has 2 aromatic carbocycles. The van der Waals surface area contributed by atoms with Crippen LogP contribution in [0.5, 0.6) is 11.5 Å². The fourth-order valence-corrected chi connectivity index (χ4v) is 3.82. The van der Waals surface area contributed by atoms with E-state index in [1.54, 1.807) is 32.5 Å². The Bertz CT molecular complexity index is 1030. The van der Waals surface area contributed by atoms with Crippen LogP contribution >= 0.6 is 0 Å². The molecule has 0 unspecified atom stereocenters.